The Hall–Kier alpha value is -0.770. The number of hydrogen-bond donors (Lipinski definition) is 1. The number of likely N-dealkylation sites (tertiary alicyclic amines) is 1. The average molecular weight is 284 g/mol. The monoisotopic (exact) mass is 283 g/mol. The summed E-state index contributed by atoms with van der Waals surface area (Å²) in [6.07, 6.45) is 3.17. The molecule has 1 N–H and O–H groups in total. The number of rotatable bonds is 5. The minimum atomic E-state index is 0.176. The fraction of sp³-hybridized carbons (Fsp3) is 0.600. The topological polar surface area (TPSA) is 32.7 Å². The van der Waals surface area contributed by atoms with Crippen molar-refractivity contribution >= 4 is 11.6 Å². The van der Waals surface area contributed by atoms with Crippen molar-refractivity contribution in [3.63, 3.8) is 0 Å². The number of benzene rings is 1. The van der Waals surface area contributed by atoms with Gasteiger partial charge in [0.1, 0.15) is 5.75 Å². The largest absolute Gasteiger partial charge is 0.496 e. The van der Waals surface area contributed by atoms with Gasteiger partial charge in [-0.2, -0.15) is 0 Å². The van der Waals surface area contributed by atoms with E-state index in [0.29, 0.717) is 0 Å². The molecule has 0 spiro atoms. The van der Waals surface area contributed by atoms with Gasteiger partial charge in [0.2, 0.25) is 0 Å². The molecule has 0 aliphatic carbocycles. The van der Waals surface area contributed by atoms with Crippen LogP contribution in [0, 0.1) is 6.92 Å². The van der Waals surface area contributed by atoms with Crippen LogP contribution in [0.1, 0.15) is 36.4 Å². The van der Waals surface area contributed by atoms with E-state index < -0.39 is 0 Å². The fourth-order valence-corrected chi connectivity index (χ4v) is 2.99. The number of nitrogens with zero attached hydrogens (tertiary/aromatic N) is 1. The summed E-state index contributed by atoms with van der Waals surface area (Å²) in [5.74, 6) is 0.868. The highest BCUT2D eigenvalue weighted by Gasteiger charge is 2.26. The van der Waals surface area contributed by atoms with Gasteiger partial charge in [0.15, 0.2) is 0 Å². The Bertz CT molecular complexity index is 430. The average Bonchev–Trinajstić information content (AvgIpc) is 2.92. The zero-order valence-corrected chi connectivity index (χ0v) is 12.4. The van der Waals surface area contributed by atoms with Gasteiger partial charge in [0.25, 0.3) is 0 Å². The first kappa shape index (κ1) is 14.6. The standard InChI is InChI=1S/C15H22ClNO2/c1-11-9-15(19-2)12(10-13(11)16)14(5-8-18)17-6-3-4-7-17/h9-10,14,18H,3-8H2,1-2H3. The van der Waals surface area contributed by atoms with E-state index in [1.807, 2.05) is 19.1 Å². The summed E-state index contributed by atoms with van der Waals surface area (Å²) < 4.78 is 5.50. The van der Waals surface area contributed by atoms with Crippen LogP contribution in [0.15, 0.2) is 12.1 Å². The van der Waals surface area contributed by atoms with Crippen LogP contribution >= 0.6 is 11.6 Å². The molecule has 1 saturated heterocycles. The molecule has 1 aliphatic heterocycles. The molecular weight excluding hydrogens is 262 g/mol. The van der Waals surface area contributed by atoms with Crippen molar-refractivity contribution in [2.24, 2.45) is 0 Å². The SMILES string of the molecule is COc1cc(C)c(Cl)cc1C(CCO)N1CCCC1. The number of halogens is 1. The summed E-state index contributed by atoms with van der Waals surface area (Å²) >= 11 is 6.26. The maximum atomic E-state index is 9.35. The van der Waals surface area contributed by atoms with Crippen LogP contribution in [0.25, 0.3) is 0 Å². The number of methoxy groups -OCH3 is 1. The smallest absolute Gasteiger partial charge is 0.124 e. The molecule has 1 heterocycles. The highest BCUT2D eigenvalue weighted by atomic mass is 35.5. The van der Waals surface area contributed by atoms with Gasteiger partial charge in [-0.3, -0.25) is 4.90 Å². The number of ether oxygens (including phenoxy) is 1. The van der Waals surface area contributed by atoms with E-state index in [1.165, 1.54) is 12.8 Å². The summed E-state index contributed by atoms with van der Waals surface area (Å²) in [5.41, 5.74) is 2.11. The first-order valence-electron chi connectivity index (χ1n) is 6.86. The number of aliphatic hydroxyl groups excluding tert-OH is 1. The quantitative estimate of drug-likeness (QED) is 0.901. The molecule has 4 heteroatoms. The highest BCUT2D eigenvalue weighted by molar-refractivity contribution is 6.31. The van der Waals surface area contributed by atoms with Crippen molar-refractivity contribution in [1.29, 1.82) is 0 Å². The van der Waals surface area contributed by atoms with Crippen LogP contribution in [0.4, 0.5) is 0 Å². The van der Waals surface area contributed by atoms with E-state index in [2.05, 4.69) is 4.90 Å². The molecule has 106 valence electrons. The lowest BCUT2D eigenvalue weighted by Crippen LogP contribution is -2.27. The maximum absolute atomic E-state index is 9.35. The summed E-state index contributed by atoms with van der Waals surface area (Å²) in [5, 5.41) is 10.1. The second kappa shape index (κ2) is 6.60. The molecule has 0 saturated carbocycles. The van der Waals surface area contributed by atoms with Crippen LogP contribution in [0.2, 0.25) is 5.02 Å². The minimum absolute atomic E-state index is 0.176. The predicted octanol–water partition coefficient (Wildman–Crippen LogP) is 3.18. The van der Waals surface area contributed by atoms with Gasteiger partial charge in [0.05, 0.1) is 7.11 Å². The molecule has 1 aromatic rings. The first-order valence-corrected chi connectivity index (χ1v) is 7.24. The van der Waals surface area contributed by atoms with Gasteiger partial charge in [-0.05, 0) is 57.0 Å². The molecule has 19 heavy (non-hydrogen) atoms. The third-order valence-electron chi connectivity index (χ3n) is 3.85. The molecular formula is C15H22ClNO2. The Morgan fingerprint density at radius 2 is 2.05 bits per heavy atom. The number of aliphatic hydroxyl groups is 1. The Morgan fingerprint density at radius 3 is 2.63 bits per heavy atom. The van der Waals surface area contributed by atoms with Gasteiger partial charge in [-0.25, -0.2) is 0 Å². The van der Waals surface area contributed by atoms with E-state index in [9.17, 15) is 5.11 Å². The molecule has 1 aromatic carbocycles. The lowest BCUT2D eigenvalue weighted by Gasteiger charge is -2.29. The lowest BCUT2D eigenvalue weighted by molar-refractivity contribution is 0.182. The molecule has 1 unspecified atom stereocenters. The third-order valence-corrected chi connectivity index (χ3v) is 4.26. The van der Waals surface area contributed by atoms with Crippen molar-refractivity contribution in [2.75, 3.05) is 26.8 Å². The Morgan fingerprint density at radius 1 is 1.37 bits per heavy atom. The fourth-order valence-electron chi connectivity index (χ4n) is 2.82. The van der Waals surface area contributed by atoms with Gasteiger partial charge < -0.3 is 9.84 Å². The van der Waals surface area contributed by atoms with Crippen LogP contribution in [0.3, 0.4) is 0 Å². The van der Waals surface area contributed by atoms with Crippen molar-refractivity contribution in [3.05, 3.63) is 28.3 Å². The second-order valence-electron chi connectivity index (χ2n) is 5.11. The zero-order chi connectivity index (χ0) is 13.8. The molecule has 1 aliphatic rings. The normalized spacial score (nSPS) is 17.7. The van der Waals surface area contributed by atoms with E-state index in [0.717, 1.165) is 41.4 Å². The molecule has 3 nitrogen and oxygen atoms in total. The van der Waals surface area contributed by atoms with Crippen molar-refractivity contribution < 1.29 is 9.84 Å². The van der Waals surface area contributed by atoms with E-state index in [-0.39, 0.29) is 12.6 Å². The van der Waals surface area contributed by atoms with Gasteiger partial charge in [-0.1, -0.05) is 11.6 Å². The second-order valence-corrected chi connectivity index (χ2v) is 5.52. The zero-order valence-electron chi connectivity index (χ0n) is 11.7. The highest BCUT2D eigenvalue weighted by Crippen LogP contribution is 2.36. The van der Waals surface area contributed by atoms with Crippen molar-refractivity contribution in [3.8, 4) is 5.75 Å². The number of hydrogen-bond acceptors (Lipinski definition) is 3. The maximum Gasteiger partial charge on any atom is 0.124 e. The van der Waals surface area contributed by atoms with Crippen molar-refractivity contribution in [1.82, 2.24) is 4.90 Å². The Kier molecular flexibility index (Phi) is 5.08. The van der Waals surface area contributed by atoms with Gasteiger partial charge in [0, 0.05) is 23.2 Å². The summed E-state index contributed by atoms with van der Waals surface area (Å²) in [6, 6.07) is 4.17. The van der Waals surface area contributed by atoms with Crippen molar-refractivity contribution in [2.45, 2.75) is 32.2 Å². The summed E-state index contributed by atoms with van der Waals surface area (Å²) in [6.45, 7) is 4.32. The minimum Gasteiger partial charge on any atom is -0.496 e. The molecule has 0 bridgehead atoms. The number of aryl methyl sites for hydroxylation is 1. The van der Waals surface area contributed by atoms with Crippen LogP contribution in [-0.2, 0) is 0 Å². The molecule has 0 amide bonds. The summed E-state index contributed by atoms with van der Waals surface area (Å²) in [4.78, 5) is 2.42. The van der Waals surface area contributed by atoms with E-state index >= 15 is 0 Å². The lowest BCUT2D eigenvalue weighted by atomic mass is 9.99. The molecule has 1 fully saturated rings. The van der Waals surface area contributed by atoms with Gasteiger partial charge in [-0.15, -0.1) is 0 Å². The predicted molar refractivity (Wildman–Crippen MR) is 78.0 cm³/mol. The van der Waals surface area contributed by atoms with Crippen LogP contribution < -0.4 is 4.74 Å². The molecule has 0 radical (unpaired) electrons. The van der Waals surface area contributed by atoms with E-state index in [4.69, 9.17) is 16.3 Å². The summed E-state index contributed by atoms with van der Waals surface area (Å²) in [7, 11) is 1.69. The van der Waals surface area contributed by atoms with E-state index in [1.54, 1.807) is 7.11 Å². The Labute approximate surface area is 120 Å². The molecule has 2 rings (SSSR count). The van der Waals surface area contributed by atoms with Crippen LogP contribution in [-0.4, -0.2) is 36.8 Å². The first-order chi connectivity index (χ1) is 9.17. The van der Waals surface area contributed by atoms with Crippen LogP contribution in [0.5, 0.6) is 5.75 Å². The Balaban J connectivity index is 2.36. The molecule has 1 atom stereocenters. The third kappa shape index (κ3) is 3.22. The van der Waals surface area contributed by atoms with Gasteiger partial charge >= 0.3 is 0 Å². The molecule has 0 aromatic heterocycles.